The molecule has 0 bridgehead atoms. The molecule has 0 aliphatic carbocycles. The first-order chi connectivity index (χ1) is 12.8. The van der Waals surface area contributed by atoms with Crippen LogP contribution in [-0.2, 0) is 23.9 Å². The third-order valence-electron chi connectivity index (χ3n) is 4.48. The lowest BCUT2D eigenvalue weighted by Crippen LogP contribution is -2.87. The molecule has 0 unspecified atom stereocenters. The molecule has 5 N–H and O–H groups in total. The van der Waals surface area contributed by atoms with Gasteiger partial charge in [0.25, 0.3) is 5.91 Å². The van der Waals surface area contributed by atoms with Gasteiger partial charge in [-0.1, -0.05) is 5.11 Å². The van der Waals surface area contributed by atoms with Gasteiger partial charge in [0.1, 0.15) is 18.8 Å². The van der Waals surface area contributed by atoms with Crippen LogP contribution in [0.5, 0.6) is 0 Å². The fourth-order valence-corrected chi connectivity index (χ4v) is 3.13. The maximum Gasteiger partial charge on any atom is 0.300 e. The molecule has 1 aliphatic rings. The second-order valence-corrected chi connectivity index (χ2v) is 6.12. The van der Waals surface area contributed by atoms with Gasteiger partial charge in [-0.15, -0.1) is 0 Å². The van der Waals surface area contributed by atoms with Crippen LogP contribution in [0.1, 0.15) is 20.8 Å². The standard InChI is InChI=1S/C14H20N4O10/c1-6(20)12(25)11(24)9(5-19)28-14(27,13(12,26)7(2)21)18(8(3)22)10(23)4-16-17-15/h9,11,19,24-27H,4-5H2,1-3H3/t9-,11-,12+,13-,14+/m1/s1. The summed E-state index contributed by atoms with van der Waals surface area (Å²) < 4.78 is 4.90. The van der Waals surface area contributed by atoms with Gasteiger partial charge in [-0.3, -0.25) is 19.2 Å². The Hall–Kier alpha value is -2.45. The van der Waals surface area contributed by atoms with E-state index in [4.69, 9.17) is 10.3 Å². The predicted molar refractivity (Wildman–Crippen MR) is 85.7 cm³/mol. The van der Waals surface area contributed by atoms with Gasteiger partial charge in [0.2, 0.25) is 17.4 Å². The quantitative estimate of drug-likeness (QED) is 0.128. The van der Waals surface area contributed by atoms with E-state index in [1.807, 2.05) is 0 Å². The first kappa shape index (κ1) is 23.6. The smallest absolute Gasteiger partial charge is 0.300 e. The number of imide groups is 1. The molecule has 1 aliphatic heterocycles. The normalized spacial score (nSPS) is 34.9. The zero-order chi connectivity index (χ0) is 22.1. The number of hydrogen-bond donors (Lipinski definition) is 5. The third-order valence-corrected chi connectivity index (χ3v) is 4.48. The van der Waals surface area contributed by atoms with Crippen LogP contribution < -0.4 is 0 Å². The molecule has 1 fully saturated rings. The molecule has 0 aromatic rings. The second kappa shape index (κ2) is 7.89. The Morgan fingerprint density at radius 3 is 2.04 bits per heavy atom. The largest absolute Gasteiger partial charge is 0.394 e. The lowest BCUT2D eigenvalue weighted by atomic mass is 9.67. The topological polar surface area (TPSA) is 231 Å². The Morgan fingerprint density at radius 2 is 1.68 bits per heavy atom. The van der Waals surface area contributed by atoms with Crippen molar-refractivity contribution in [1.82, 2.24) is 4.90 Å². The molecule has 1 rings (SSSR count). The van der Waals surface area contributed by atoms with Crippen LogP contribution in [-0.4, -0.2) is 96.3 Å². The molecule has 1 saturated heterocycles. The summed E-state index contributed by atoms with van der Waals surface area (Å²) in [4.78, 5) is 50.7. The van der Waals surface area contributed by atoms with Crippen molar-refractivity contribution in [2.24, 2.45) is 5.11 Å². The second-order valence-electron chi connectivity index (χ2n) is 6.12. The lowest BCUT2D eigenvalue weighted by Gasteiger charge is -2.58. The highest BCUT2D eigenvalue weighted by Crippen LogP contribution is 2.46. The van der Waals surface area contributed by atoms with E-state index >= 15 is 0 Å². The Kier molecular flexibility index (Phi) is 6.64. The Bertz CT molecular complexity index is 752. The molecule has 0 aromatic carbocycles. The zero-order valence-electron chi connectivity index (χ0n) is 15.1. The van der Waals surface area contributed by atoms with E-state index in [9.17, 15) is 44.7 Å². The van der Waals surface area contributed by atoms with E-state index in [-0.39, 0.29) is 4.90 Å². The molecule has 28 heavy (non-hydrogen) atoms. The predicted octanol–water partition coefficient (Wildman–Crippen LogP) is -3.29. The minimum Gasteiger partial charge on any atom is -0.394 e. The van der Waals surface area contributed by atoms with Crippen molar-refractivity contribution in [2.45, 2.75) is 50.1 Å². The Labute approximate surface area is 157 Å². The van der Waals surface area contributed by atoms with Crippen LogP contribution in [0, 0.1) is 0 Å². The van der Waals surface area contributed by atoms with Crippen LogP contribution >= 0.6 is 0 Å². The van der Waals surface area contributed by atoms with Gasteiger partial charge in [0, 0.05) is 11.8 Å². The van der Waals surface area contributed by atoms with Crippen molar-refractivity contribution >= 4 is 23.4 Å². The zero-order valence-corrected chi connectivity index (χ0v) is 15.1. The number of Topliss-reactive ketones (excluding diaryl/α,β-unsaturated/α-hetero) is 2. The summed E-state index contributed by atoms with van der Waals surface area (Å²) in [5.41, 5.74) is 1.06. The monoisotopic (exact) mass is 404 g/mol. The van der Waals surface area contributed by atoms with Gasteiger partial charge >= 0.3 is 0 Å². The van der Waals surface area contributed by atoms with E-state index in [0.29, 0.717) is 20.8 Å². The maximum absolute atomic E-state index is 12.3. The Balaban J connectivity index is 3.89. The molecule has 0 radical (unpaired) electrons. The van der Waals surface area contributed by atoms with Crippen molar-refractivity contribution in [3.63, 3.8) is 0 Å². The number of nitrogens with zero attached hydrogens (tertiary/aromatic N) is 4. The van der Waals surface area contributed by atoms with Gasteiger partial charge in [-0.2, -0.15) is 0 Å². The number of hydrogen-bond acceptors (Lipinski definition) is 11. The highest BCUT2D eigenvalue weighted by Gasteiger charge is 2.79. The van der Waals surface area contributed by atoms with Crippen LogP contribution in [0.3, 0.4) is 0 Å². The molecule has 0 saturated carbocycles. The molecular weight excluding hydrogens is 384 g/mol. The summed E-state index contributed by atoms with van der Waals surface area (Å²) in [7, 11) is 0. The fraction of sp³-hybridized carbons (Fsp3) is 0.714. The molecule has 2 amide bonds. The van der Waals surface area contributed by atoms with Crippen LogP contribution in [0.25, 0.3) is 10.4 Å². The van der Waals surface area contributed by atoms with Crippen molar-refractivity contribution in [1.29, 1.82) is 0 Å². The molecule has 156 valence electrons. The van der Waals surface area contributed by atoms with Gasteiger partial charge in [-0.05, 0) is 19.4 Å². The number of ether oxygens (including phenoxy) is 1. The summed E-state index contributed by atoms with van der Waals surface area (Å²) in [6, 6.07) is 0. The highest BCUT2D eigenvalue weighted by molar-refractivity contribution is 6.02. The van der Waals surface area contributed by atoms with Crippen molar-refractivity contribution < 1.29 is 49.4 Å². The van der Waals surface area contributed by atoms with Crippen molar-refractivity contribution in [2.75, 3.05) is 13.2 Å². The van der Waals surface area contributed by atoms with Gasteiger partial charge in [-0.25, -0.2) is 4.90 Å². The maximum atomic E-state index is 12.3. The summed E-state index contributed by atoms with van der Waals surface area (Å²) in [5.74, 6) is -9.58. The molecule has 14 heteroatoms. The van der Waals surface area contributed by atoms with Crippen molar-refractivity contribution in [3.8, 4) is 0 Å². The summed E-state index contributed by atoms with van der Waals surface area (Å²) in [5, 5.41) is 55.2. The van der Waals surface area contributed by atoms with E-state index in [1.54, 1.807) is 0 Å². The number of aliphatic hydroxyl groups is 5. The average molecular weight is 404 g/mol. The number of carbonyl (C=O) groups is 4. The molecule has 14 nitrogen and oxygen atoms in total. The van der Waals surface area contributed by atoms with Crippen LogP contribution in [0.2, 0.25) is 0 Å². The molecule has 5 atom stereocenters. The lowest BCUT2D eigenvalue weighted by molar-refractivity contribution is -0.424. The molecule has 0 spiro atoms. The first-order valence-corrected chi connectivity index (χ1v) is 7.77. The summed E-state index contributed by atoms with van der Waals surface area (Å²) >= 11 is 0. The molecular formula is C14H20N4O10. The van der Waals surface area contributed by atoms with Gasteiger partial charge in [0.05, 0.1) is 6.61 Å². The fourth-order valence-electron chi connectivity index (χ4n) is 3.13. The van der Waals surface area contributed by atoms with E-state index in [1.165, 1.54) is 0 Å². The SMILES string of the molecule is CC(=O)N(C(=O)CN=[N+]=[N-])[C@@]1(O)O[C@H](CO)[C@@H](O)[C@@](O)(C(C)=O)[C@]1(O)C(C)=O. The molecule has 0 aromatic heterocycles. The first-order valence-electron chi connectivity index (χ1n) is 7.77. The number of azide groups is 1. The van der Waals surface area contributed by atoms with E-state index in [0.717, 1.165) is 0 Å². The van der Waals surface area contributed by atoms with E-state index < -0.39 is 65.9 Å². The number of rotatable bonds is 6. The van der Waals surface area contributed by atoms with Crippen molar-refractivity contribution in [3.05, 3.63) is 10.4 Å². The minimum absolute atomic E-state index is 0.245. The van der Waals surface area contributed by atoms with Crippen LogP contribution in [0.4, 0.5) is 0 Å². The average Bonchev–Trinajstić information content (AvgIpc) is 2.60. The Morgan fingerprint density at radius 1 is 1.14 bits per heavy atom. The number of aliphatic hydroxyl groups excluding tert-OH is 2. The highest BCUT2D eigenvalue weighted by atomic mass is 16.7. The van der Waals surface area contributed by atoms with Gasteiger partial charge in [0.15, 0.2) is 17.2 Å². The number of ketones is 2. The third kappa shape index (κ3) is 3.06. The summed E-state index contributed by atoms with van der Waals surface area (Å²) in [6.45, 7) is -0.312. The number of carbonyl (C=O) groups excluding carboxylic acids is 4. The van der Waals surface area contributed by atoms with Crippen LogP contribution in [0.15, 0.2) is 5.11 Å². The number of amides is 2. The minimum atomic E-state index is -3.77. The molecule has 1 heterocycles. The van der Waals surface area contributed by atoms with Gasteiger partial charge < -0.3 is 30.3 Å². The van der Waals surface area contributed by atoms with E-state index in [2.05, 4.69) is 10.0 Å². The summed E-state index contributed by atoms with van der Waals surface area (Å²) in [6.07, 6.45) is -4.46.